The van der Waals surface area contributed by atoms with E-state index in [1.54, 1.807) is 12.4 Å². The van der Waals surface area contributed by atoms with Crippen LogP contribution in [-0.2, 0) is 4.79 Å². The fourth-order valence-electron chi connectivity index (χ4n) is 2.88. The Morgan fingerprint density at radius 3 is 2.81 bits per heavy atom. The number of anilines is 2. The minimum atomic E-state index is 0.189. The van der Waals surface area contributed by atoms with Crippen LogP contribution in [0.4, 0.5) is 11.4 Å². The summed E-state index contributed by atoms with van der Waals surface area (Å²) < 4.78 is 0. The number of rotatable bonds is 3. The van der Waals surface area contributed by atoms with Gasteiger partial charge in [-0.2, -0.15) is 0 Å². The highest BCUT2D eigenvalue weighted by atomic mass is 16.2. The number of carbonyl (C=O) groups is 1. The molecule has 1 aromatic heterocycles. The van der Waals surface area contributed by atoms with E-state index in [1.807, 2.05) is 35.0 Å². The Morgan fingerprint density at radius 1 is 1.29 bits per heavy atom. The maximum atomic E-state index is 12.3. The number of pyridine rings is 1. The number of benzene rings is 1. The minimum Gasteiger partial charge on any atom is -0.398 e. The molecule has 0 atom stereocenters. The predicted octanol–water partition coefficient (Wildman–Crippen LogP) is 1.88. The van der Waals surface area contributed by atoms with Gasteiger partial charge in [0.2, 0.25) is 5.91 Å². The molecule has 1 fully saturated rings. The van der Waals surface area contributed by atoms with E-state index in [1.165, 1.54) is 0 Å². The summed E-state index contributed by atoms with van der Waals surface area (Å²) in [6.07, 6.45) is 5.75. The van der Waals surface area contributed by atoms with Crippen LogP contribution in [0.1, 0.15) is 12.8 Å². The molecule has 0 radical (unpaired) electrons. The van der Waals surface area contributed by atoms with Crippen molar-refractivity contribution in [2.45, 2.75) is 12.8 Å². The summed E-state index contributed by atoms with van der Waals surface area (Å²) in [5, 5.41) is 1.96. The van der Waals surface area contributed by atoms with Crippen molar-refractivity contribution in [2.24, 2.45) is 0 Å². The van der Waals surface area contributed by atoms with Gasteiger partial charge < -0.3 is 15.5 Å². The normalized spacial score (nSPS) is 14.6. The summed E-state index contributed by atoms with van der Waals surface area (Å²) in [4.78, 5) is 20.3. The highest BCUT2D eigenvalue weighted by molar-refractivity contribution is 6.01. The summed E-state index contributed by atoms with van der Waals surface area (Å²) in [5.74, 6) is 0.189. The molecule has 1 aliphatic heterocycles. The van der Waals surface area contributed by atoms with Crippen LogP contribution in [0.5, 0.6) is 0 Å². The van der Waals surface area contributed by atoms with Crippen LogP contribution >= 0.6 is 0 Å². The summed E-state index contributed by atoms with van der Waals surface area (Å²) in [6.45, 7) is 2.17. The van der Waals surface area contributed by atoms with Gasteiger partial charge in [0, 0.05) is 54.7 Å². The highest BCUT2D eigenvalue weighted by Crippen LogP contribution is 2.29. The third-order valence-electron chi connectivity index (χ3n) is 4.07. The SMILES string of the molecule is CN(CC(=O)N1CCCC1)c1ccc(N)c2cnccc12. The maximum absolute atomic E-state index is 12.3. The molecule has 1 aliphatic rings. The van der Waals surface area contributed by atoms with Crippen LogP contribution in [-0.4, -0.2) is 42.5 Å². The number of likely N-dealkylation sites (N-methyl/N-ethyl adjacent to an activating group) is 1. The van der Waals surface area contributed by atoms with Crippen molar-refractivity contribution in [3.05, 3.63) is 30.6 Å². The molecule has 2 heterocycles. The molecule has 5 nitrogen and oxygen atoms in total. The Morgan fingerprint density at radius 2 is 2.05 bits per heavy atom. The van der Waals surface area contributed by atoms with Crippen LogP contribution in [0.15, 0.2) is 30.6 Å². The number of hydrogen-bond acceptors (Lipinski definition) is 4. The van der Waals surface area contributed by atoms with E-state index in [9.17, 15) is 4.79 Å². The van der Waals surface area contributed by atoms with Crippen LogP contribution in [0.2, 0.25) is 0 Å². The van der Waals surface area contributed by atoms with Crippen LogP contribution in [0, 0.1) is 0 Å². The third kappa shape index (κ3) is 2.63. The molecule has 5 heteroatoms. The molecule has 3 rings (SSSR count). The van der Waals surface area contributed by atoms with E-state index in [0.29, 0.717) is 12.2 Å². The summed E-state index contributed by atoms with van der Waals surface area (Å²) in [6, 6.07) is 5.78. The van der Waals surface area contributed by atoms with Crippen molar-refractivity contribution in [1.29, 1.82) is 0 Å². The molecule has 2 aromatic rings. The van der Waals surface area contributed by atoms with Gasteiger partial charge in [0.1, 0.15) is 0 Å². The van der Waals surface area contributed by atoms with Gasteiger partial charge in [-0.1, -0.05) is 0 Å². The summed E-state index contributed by atoms with van der Waals surface area (Å²) in [5.41, 5.74) is 7.71. The average molecular weight is 284 g/mol. The molecule has 0 spiro atoms. The Hall–Kier alpha value is -2.30. The van der Waals surface area contributed by atoms with Crippen LogP contribution < -0.4 is 10.6 Å². The lowest BCUT2D eigenvalue weighted by molar-refractivity contribution is -0.128. The molecule has 21 heavy (non-hydrogen) atoms. The van der Waals surface area contributed by atoms with Gasteiger partial charge in [-0.05, 0) is 31.0 Å². The topological polar surface area (TPSA) is 62.5 Å². The number of hydrogen-bond donors (Lipinski definition) is 1. The molecule has 110 valence electrons. The molecule has 0 unspecified atom stereocenters. The number of likely N-dealkylation sites (tertiary alicyclic amines) is 1. The summed E-state index contributed by atoms with van der Waals surface area (Å²) in [7, 11) is 1.94. The lowest BCUT2D eigenvalue weighted by atomic mass is 10.1. The molecule has 1 amide bonds. The van der Waals surface area contributed by atoms with Crippen molar-refractivity contribution in [1.82, 2.24) is 9.88 Å². The molecule has 0 aliphatic carbocycles. The zero-order valence-corrected chi connectivity index (χ0v) is 12.2. The van der Waals surface area contributed by atoms with E-state index < -0.39 is 0 Å². The van der Waals surface area contributed by atoms with Crippen molar-refractivity contribution < 1.29 is 4.79 Å². The number of carbonyl (C=O) groups excluding carboxylic acids is 1. The minimum absolute atomic E-state index is 0.189. The first-order chi connectivity index (χ1) is 10.2. The van der Waals surface area contributed by atoms with E-state index in [2.05, 4.69) is 4.98 Å². The summed E-state index contributed by atoms with van der Waals surface area (Å²) >= 11 is 0. The van der Waals surface area contributed by atoms with Crippen LogP contribution in [0.25, 0.3) is 10.8 Å². The van der Waals surface area contributed by atoms with Crippen molar-refractivity contribution in [3.63, 3.8) is 0 Å². The Labute approximate surface area is 124 Å². The standard InChI is InChI=1S/C16H20N4O/c1-19(11-16(21)20-8-2-3-9-20)15-5-4-14(17)13-10-18-7-6-12(13)15/h4-7,10H,2-3,8-9,11,17H2,1H3. The first-order valence-electron chi connectivity index (χ1n) is 7.28. The Kier molecular flexibility index (Phi) is 3.64. The molecule has 0 saturated carbocycles. The molecule has 0 bridgehead atoms. The van der Waals surface area contributed by atoms with Gasteiger partial charge in [0.15, 0.2) is 0 Å². The van der Waals surface area contributed by atoms with Gasteiger partial charge in [-0.15, -0.1) is 0 Å². The first-order valence-corrected chi connectivity index (χ1v) is 7.28. The maximum Gasteiger partial charge on any atom is 0.242 e. The zero-order chi connectivity index (χ0) is 14.8. The second-order valence-corrected chi connectivity index (χ2v) is 5.54. The Balaban J connectivity index is 1.86. The quantitative estimate of drug-likeness (QED) is 0.874. The van der Waals surface area contributed by atoms with Gasteiger partial charge >= 0.3 is 0 Å². The van der Waals surface area contributed by atoms with Gasteiger partial charge in [0.25, 0.3) is 0 Å². The predicted molar refractivity (Wildman–Crippen MR) is 85.2 cm³/mol. The van der Waals surface area contributed by atoms with E-state index in [4.69, 9.17) is 5.73 Å². The molecule has 1 aromatic carbocycles. The third-order valence-corrected chi connectivity index (χ3v) is 4.07. The fraction of sp³-hybridized carbons (Fsp3) is 0.375. The molecule has 2 N–H and O–H groups in total. The van der Waals surface area contributed by atoms with Gasteiger partial charge in [-0.3, -0.25) is 9.78 Å². The number of aromatic nitrogens is 1. The lowest BCUT2D eigenvalue weighted by Gasteiger charge is -2.24. The molecular formula is C16H20N4O. The van der Waals surface area contributed by atoms with Crippen molar-refractivity contribution in [2.75, 3.05) is 37.3 Å². The second-order valence-electron chi connectivity index (χ2n) is 5.54. The zero-order valence-electron chi connectivity index (χ0n) is 12.2. The number of fused-ring (bicyclic) bond motifs is 1. The van der Waals surface area contributed by atoms with Crippen molar-refractivity contribution >= 4 is 28.1 Å². The van der Waals surface area contributed by atoms with E-state index >= 15 is 0 Å². The second kappa shape index (κ2) is 5.60. The lowest BCUT2D eigenvalue weighted by Crippen LogP contribution is -2.37. The monoisotopic (exact) mass is 284 g/mol. The number of amides is 1. The largest absolute Gasteiger partial charge is 0.398 e. The van der Waals surface area contributed by atoms with Crippen LogP contribution in [0.3, 0.4) is 0 Å². The Bertz CT molecular complexity index is 664. The molecule has 1 saturated heterocycles. The van der Waals surface area contributed by atoms with E-state index in [0.717, 1.165) is 42.4 Å². The van der Waals surface area contributed by atoms with Crippen molar-refractivity contribution in [3.8, 4) is 0 Å². The number of nitrogen functional groups attached to an aromatic ring is 1. The van der Waals surface area contributed by atoms with Gasteiger partial charge in [0.05, 0.1) is 6.54 Å². The fourth-order valence-corrected chi connectivity index (χ4v) is 2.88. The number of nitrogens with zero attached hydrogens (tertiary/aromatic N) is 3. The molecular weight excluding hydrogens is 264 g/mol. The van der Waals surface area contributed by atoms with E-state index in [-0.39, 0.29) is 5.91 Å². The van der Waals surface area contributed by atoms with Gasteiger partial charge in [-0.25, -0.2) is 0 Å². The number of nitrogens with two attached hydrogens (primary N) is 1. The highest BCUT2D eigenvalue weighted by Gasteiger charge is 2.20. The first kappa shape index (κ1) is 13.7. The smallest absolute Gasteiger partial charge is 0.242 e. The average Bonchev–Trinajstić information content (AvgIpc) is 3.02.